The van der Waals surface area contributed by atoms with Crippen LogP contribution in [0.3, 0.4) is 0 Å². The molecule has 0 amide bonds. The van der Waals surface area contributed by atoms with E-state index in [2.05, 4.69) is 28.7 Å². The minimum Gasteiger partial charge on any atom is -0.463 e. The molecule has 0 aliphatic carbocycles. The number of carbonyl (C=O) groups is 3. The molecule has 0 heterocycles. The fourth-order valence-electron chi connectivity index (χ4n) is 0.788. The van der Waals surface area contributed by atoms with Crippen molar-refractivity contribution in [1.29, 1.82) is 0 Å². The number of carbonyl (C=O) groups excluding carboxylic acids is 3. The number of Topliss-reactive ketones (excluding diaryl/α,β-unsaturated/α-hetero) is 1. The summed E-state index contributed by atoms with van der Waals surface area (Å²) >= 11 is 10.2. The van der Waals surface area contributed by atoms with Gasteiger partial charge < -0.3 is 19.7 Å². The standard InChI is InChI=1S/C7H12O4S.C6H9ClO2.C2H6OS.ClH/c1-2-11-7(10)6(9)5-12-4-3-8;1-3-9-6(8)5(2)4-7;3-1-2-4;/h8H,2-5H2,1H3;2-4H2,1H3;3-4H,1-2H2;1H. The number of hydrogen-bond donors (Lipinski definition) is 3. The number of rotatable bonds is 10. The van der Waals surface area contributed by atoms with Crippen LogP contribution in [0.1, 0.15) is 13.8 Å². The maximum Gasteiger partial charge on any atom is 0.375 e. The third-order valence-corrected chi connectivity index (χ3v) is 3.26. The third-order valence-electron chi connectivity index (χ3n) is 1.80. The number of ketones is 1. The van der Waals surface area contributed by atoms with Gasteiger partial charge in [-0.05, 0) is 13.8 Å². The van der Waals surface area contributed by atoms with E-state index in [9.17, 15) is 14.4 Å². The van der Waals surface area contributed by atoms with Gasteiger partial charge in [0.25, 0.3) is 0 Å². The highest BCUT2D eigenvalue weighted by molar-refractivity contribution is 8.00. The number of aliphatic hydroxyl groups is 2. The molecule has 0 bridgehead atoms. The zero-order chi connectivity index (χ0) is 20.1. The van der Waals surface area contributed by atoms with Crippen LogP contribution in [0.4, 0.5) is 0 Å². The van der Waals surface area contributed by atoms with Gasteiger partial charge in [-0.25, -0.2) is 9.59 Å². The Bertz CT molecular complexity index is 381. The quantitative estimate of drug-likeness (QED) is 0.114. The van der Waals surface area contributed by atoms with Crippen LogP contribution in [-0.2, 0) is 23.9 Å². The molecular formula is C15H28Cl2O7S2. The Hall–Kier alpha value is -0.450. The molecule has 0 saturated heterocycles. The molecule has 0 aromatic heterocycles. The maximum absolute atomic E-state index is 10.8. The molecule has 0 aliphatic rings. The lowest BCUT2D eigenvalue weighted by Gasteiger charge is -1.99. The number of thioether (sulfide) groups is 1. The summed E-state index contributed by atoms with van der Waals surface area (Å²) in [6.07, 6.45) is 0. The molecule has 156 valence electrons. The summed E-state index contributed by atoms with van der Waals surface area (Å²) in [6.45, 7) is 7.55. The summed E-state index contributed by atoms with van der Waals surface area (Å²) in [5.74, 6) is -0.491. The molecule has 26 heavy (non-hydrogen) atoms. The first-order chi connectivity index (χ1) is 11.9. The van der Waals surface area contributed by atoms with Crippen LogP contribution in [0.15, 0.2) is 12.2 Å². The molecule has 0 fully saturated rings. The number of ether oxygens (including phenoxy) is 2. The Labute approximate surface area is 175 Å². The second-order valence-corrected chi connectivity index (χ2v) is 5.64. The van der Waals surface area contributed by atoms with Crippen LogP contribution in [-0.4, -0.2) is 77.5 Å². The first kappa shape index (κ1) is 33.2. The summed E-state index contributed by atoms with van der Waals surface area (Å²) in [7, 11) is 0. The average molecular weight is 455 g/mol. The van der Waals surface area contributed by atoms with Gasteiger partial charge in [0, 0.05) is 17.1 Å². The van der Waals surface area contributed by atoms with Gasteiger partial charge in [0.1, 0.15) is 0 Å². The highest BCUT2D eigenvalue weighted by Gasteiger charge is 2.13. The predicted molar refractivity (Wildman–Crippen MR) is 111 cm³/mol. The Morgan fingerprint density at radius 3 is 1.88 bits per heavy atom. The first-order valence-corrected chi connectivity index (χ1v) is 9.69. The lowest BCUT2D eigenvalue weighted by Crippen LogP contribution is -2.19. The molecule has 0 aliphatic heterocycles. The first-order valence-electron chi connectivity index (χ1n) is 7.37. The van der Waals surface area contributed by atoms with E-state index in [0.717, 1.165) is 0 Å². The summed E-state index contributed by atoms with van der Waals surface area (Å²) in [6, 6.07) is 0. The molecule has 0 aromatic carbocycles. The fraction of sp³-hybridized carbons (Fsp3) is 0.667. The number of aliphatic hydroxyl groups excluding tert-OH is 2. The molecule has 11 heteroatoms. The van der Waals surface area contributed by atoms with Crippen LogP contribution in [0.5, 0.6) is 0 Å². The third kappa shape index (κ3) is 25.8. The van der Waals surface area contributed by atoms with Gasteiger partial charge in [0.15, 0.2) is 0 Å². The van der Waals surface area contributed by atoms with Crippen LogP contribution in [0.25, 0.3) is 0 Å². The monoisotopic (exact) mass is 454 g/mol. The van der Waals surface area contributed by atoms with E-state index >= 15 is 0 Å². The van der Waals surface area contributed by atoms with E-state index in [1.807, 2.05) is 0 Å². The highest BCUT2D eigenvalue weighted by Crippen LogP contribution is 1.99. The predicted octanol–water partition coefficient (Wildman–Crippen LogP) is 1.52. The van der Waals surface area contributed by atoms with E-state index < -0.39 is 17.7 Å². The number of hydrogen-bond acceptors (Lipinski definition) is 9. The largest absolute Gasteiger partial charge is 0.463 e. The van der Waals surface area contributed by atoms with Gasteiger partial charge in [0.05, 0.1) is 38.1 Å². The second-order valence-electron chi connectivity index (χ2n) is 3.82. The molecule has 0 radical (unpaired) electrons. The SMILES string of the molecule is C=C(CCl)C(=O)OCC.CCOC(=O)C(=O)CSCCO.Cl.OCCS. The van der Waals surface area contributed by atoms with E-state index in [0.29, 0.717) is 23.7 Å². The highest BCUT2D eigenvalue weighted by atomic mass is 35.5. The zero-order valence-corrected chi connectivity index (χ0v) is 18.2. The number of esters is 2. The van der Waals surface area contributed by atoms with Crippen LogP contribution in [0.2, 0.25) is 0 Å². The molecule has 0 atom stereocenters. The maximum atomic E-state index is 10.8. The fourth-order valence-corrected chi connectivity index (χ4v) is 1.47. The minimum absolute atomic E-state index is 0. The van der Waals surface area contributed by atoms with Crippen molar-refractivity contribution in [1.82, 2.24) is 0 Å². The molecular weight excluding hydrogens is 427 g/mol. The van der Waals surface area contributed by atoms with Gasteiger partial charge in [-0.3, -0.25) is 4.79 Å². The molecule has 0 spiro atoms. The molecule has 2 N–H and O–H groups in total. The van der Waals surface area contributed by atoms with Crippen LogP contribution >= 0.6 is 48.4 Å². The Balaban J connectivity index is -0.000000153. The number of thiol groups is 1. The molecule has 0 saturated carbocycles. The molecule has 0 unspecified atom stereocenters. The van der Waals surface area contributed by atoms with E-state index in [1.54, 1.807) is 13.8 Å². The topological polar surface area (TPSA) is 110 Å². The summed E-state index contributed by atoms with van der Waals surface area (Å²) in [5, 5.41) is 16.2. The van der Waals surface area contributed by atoms with Gasteiger partial charge >= 0.3 is 11.9 Å². The number of alkyl halides is 1. The summed E-state index contributed by atoms with van der Waals surface area (Å²) in [5.41, 5.74) is 0.304. The number of halogens is 2. The van der Waals surface area contributed by atoms with E-state index in [4.69, 9.17) is 21.8 Å². The van der Waals surface area contributed by atoms with Crippen LogP contribution in [0, 0.1) is 0 Å². The van der Waals surface area contributed by atoms with Crippen molar-refractivity contribution in [2.75, 3.05) is 49.6 Å². The molecule has 0 aromatic rings. The smallest absolute Gasteiger partial charge is 0.375 e. The van der Waals surface area contributed by atoms with Gasteiger partial charge in [-0.1, -0.05) is 6.58 Å². The van der Waals surface area contributed by atoms with Crippen molar-refractivity contribution in [2.24, 2.45) is 0 Å². The minimum atomic E-state index is -0.789. The van der Waals surface area contributed by atoms with Crippen molar-refractivity contribution in [3.63, 3.8) is 0 Å². The average Bonchev–Trinajstić information content (AvgIpc) is 2.62. The normalized spacial score (nSPS) is 8.54. The molecule has 0 rings (SSSR count). The van der Waals surface area contributed by atoms with Crippen molar-refractivity contribution >= 4 is 66.1 Å². The Morgan fingerprint density at radius 1 is 1.08 bits per heavy atom. The van der Waals surface area contributed by atoms with Crippen molar-refractivity contribution in [2.45, 2.75) is 13.8 Å². The van der Waals surface area contributed by atoms with Crippen molar-refractivity contribution < 1.29 is 34.1 Å². The zero-order valence-electron chi connectivity index (χ0n) is 14.9. The summed E-state index contributed by atoms with van der Waals surface area (Å²) < 4.78 is 9.04. The second kappa shape index (κ2) is 26.8. The van der Waals surface area contributed by atoms with Crippen LogP contribution < -0.4 is 0 Å². The van der Waals surface area contributed by atoms with Crippen molar-refractivity contribution in [3.05, 3.63) is 12.2 Å². The Morgan fingerprint density at radius 2 is 1.54 bits per heavy atom. The van der Waals surface area contributed by atoms with E-state index in [-0.39, 0.29) is 43.9 Å². The lowest BCUT2D eigenvalue weighted by atomic mass is 10.4. The van der Waals surface area contributed by atoms with E-state index in [1.165, 1.54) is 11.8 Å². The van der Waals surface area contributed by atoms with Gasteiger partial charge in [-0.2, -0.15) is 24.4 Å². The Kier molecular flexibility index (Phi) is 34.1. The van der Waals surface area contributed by atoms with Gasteiger partial charge in [0.2, 0.25) is 5.78 Å². The summed E-state index contributed by atoms with van der Waals surface area (Å²) in [4.78, 5) is 32.1. The van der Waals surface area contributed by atoms with Crippen molar-refractivity contribution in [3.8, 4) is 0 Å². The lowest BCUT2D eigenvalue weighted by molar-refractivity contribution is -0.152. The molecule has 7 nitrogen and oxygen atoms in total. The van der Waals surface area contributed by atoms with Gasteiger partial charge in [-0.15, -0.1) is 24.0 Å².